The molecule has 0 spiro atoms. The minimum atomic E-state index is -1.23. The van der Waals surface area contributed by atoms with Crippen molar-refractivity contribution in [3.63, 3.8) is 0 Å². The van der Waals surface area contributed by atoms with Gasteiger partial charge in [-0.15, -0.1) is 0 Å². The van der Waals surface area contributed by atoms with E-state index in [2.05, 4.69) is 5.10 Å². The van der Waals surface area contributed by atoms with Crippen molar-refractivity contribution in [3.8, 4) is 0 Å². The summed E-state index contributed by atoms with van der Waals surface area (Å²) in [5.41, 5.74) is -1.23. The Kier molecular flexibility index (Phi) is 2.80. The van der Waals surface area contributed by atoms with E-state index in [1.807, 2.05) is 0 Å². The van der Waals surface area contributed by atoms with Gasteiger partial charge in [0.05, 0.1) is 17.4 Å². The number of carbonyl (C=O) groups is 1. The van der Waals surface area contributed by atoms with Crippen LogP contribution in [0.3, 0.4) is 0 Å². The topological polar surface area (TPSA) is 107 Å². The van der Waals surface area contributed by atoms with E-state index < -0.39 is 16.4 Å². The Balaban J connectivity index is 2.38. The van der Waals surface area contributed by atoms with Crippen LogP contribution in [0.2, 0.25) is 0 Å². The summed E-state index contributed by atoms with van der Waals surface area (Å²) in [5, 5.41) is 23.5. The molecule has 17 heavy (non-hydrogen) atoms. The predicted octanol–water partition coefficient (Wildman–Crippen LogP) is 0.382. The quantitative estimate of drug-likeness (QED) is 0.605. The Labute approximate surface area is 95.9 Å². The maximum Gasteiger partial charge on any atom is 0.389 e. The molecule has 0 aromatic carbocycles. The molecular formula is C9H11N3O5. The molecule has 1 aromatic heterocycles. The molecule has 0 unspecified atom stereocenters. The number of ether oxygens (including phenoxy) is 1. The van der Waals surface area contributed by atoms with E-state index in [0.717, 1.165) is 4.68 Å². The van der Waals surface area contributed by atoms with Crippen LogP contribution in [0.15, 0.2) is 12.3 Å². The molecule has 0 aliphatic carbocycles. The molecule has 1 saturated heterocycles. The maximum absolute atomic E-state index is 11.4. The molecule has 1 aliphatic rings. The van der Waals surface area contributed by atoms with Crippen LogP contribution in [0.5, 0.6) is 0 Å². The lowest BCUT2D eigenvalue weighted by atomic mass is 9.90. The summed E-state index contributed by atoms with van der Waals surface area (Å²) in [6.07, 6.45) is 1.83. The smallest absolute Gasteiger partial charge is 0.389 e. The Morgan fingerprint density at radius 2 is 2.24 bits per heavy atom. The van der Waals surface area contributed by atoms with E-state index in [1.165, 1.54) is 12.3 Å². The molecule has 1 aliphatic heterocycles. The number of aromatic nitrogens is 2. The van der Waals surface area contributed by atoms with E-state index in [1.54, 1.807) is 0 Å². The fourth-order valence-electron chi connectivity index (χ4n) is 1.90. The van der Waals surface area contributed by atoms with Crippen LogP contribution < -0.4 is 0 Å². The van der Waals surface area contributed by atoms with Gasteiger partial charge in [-0.3, -0.25) is 0 Å². The molecule has 8 nitrogen and oxygen atoms in total. The van der Waals surface area contributed by atoms with Crippen molar-refractivity contribution in [2.45, 2.75) is 18.4 Å². The average Bonchev–Trinajstić information content (AvgIpc) is 2.79. The first-order valence-electron chi connectivity index (χ1n) is 5.08. The standard InChI is InChI=1S/C9H11N3O5/c13-8(14)9(2-5-17-6-3-9)11-4-1-7(10-11)12(15)16/h1,4H,2-3,5-6H2,(H,13,14). The second-order valence-electron chi connectivity index (χ2n) is 3.82. The van der Waals surface area contributed by atoms with Crippen LogP contribution >= 0.6 is 0 Å². The highest BCUT2D eigenvalue weighted by molar-refractivity contribution is 5.76. The van der Waals surface area contributed by atoms with Crippen LogP contribution in [0.1, 0.15) is 12.8 Å². The first-order chi connectivity index (χ1) is 8.06. The lowest BCUT2D eigenvalue weighted by Gasteiger charge is -2.30. The van der Waals surface area contributed by atoms with E-state index >= 15 is 0 Å². The van der Waals surface area contributed by atoms with Crippen molar-refractivity contribution in [2.75, 3.05) is 13.2 Å². The van der Waals surface area contributed by atoms with Gasteiger partial charge in [0.15, 0.2) is 5.54 Å². The van der Waals surface area contributed by atoms with E-state index in [4.69, 9.17) is 4.74 Å². The summed E-state index contributed by atoms with van der Waals surface area (Å²) in [6, 6.07) is 1.19. The van der Waals surface area contributed by atoms with Crippen LogP contribution in [-0.4, -0.2) is 39.0 Å². The number of hydrogen-bond acceptors (Lipinski definition) is 5. The van der Waals surface area contributed by atoms with Gasteiger partial charge in [0.1, 0.15) is 0 Å². The van der Waals surface area contributed by atoms with Gasteiger partial charge < -0.3 is 20.0 Å². The Hall–Kier alpha value is -1.96. The van der Waals surface area contributed by atoms with Gasteiger partial charge in [0.25, 0.3) is 0 Å². The van der Waals surface area contributed by atoms with Crippen LogP contribution in [0, 0.1) is 10.1 Å². The van der Waals surface area contributed by atoms with Crippen molar-refractivity contribution in [2.24, 2.45) is 0 Å². The molecule has 2 heterocycles. The monoisotopic (exact) mass is 241 g/mol. The third-order valence-corrected chi connectivity index (χ3v) is 2.92. The molecule has 92 valence electrons. The highest BCUT2D eigenvalue weighted by Gasteiger charge is 2.45. The average molecular weight is 241 g/mol. The highest BCUT2D eigenvalue weighted by atomic mass is 16.6. The van der Waals surface area contributed by atoms with Crippen molar-refractivity contribution < 1.29 is 19.6 Å². The minimum absolute atomic E-state index is 0.251. The van der Waals surface area contributed by atoms with Gasteiger partial charge in [-0.2, -0.15) is 4.68 Å². The third-order valence-electron chi connectivity index (χ3n) is 2.92. The zero-order chi connectivity index (χ0) is 12.5. The normalized spacial score (nSPS) is 18.8. The lowest BCUT2D eigenvalue weighted by Crippen LogP contribution is -2.46. The van der Waals surface area contributed by atoms with Crippen molar-refractivity contribution in [1.29, 1.82) is 0 Å². The van der Waals surface area contributed by atoms with Gasteiger partial charge in [-0.05, 0) is 4.92 Å². The minimum Gasteiger partial charge on any atom is -0.479 e. The number of hydrogen-bond donors (Lipinski definition) is 1. The molecule has 1 fully saturated rings. The van der Waals surface area contributed by atoms with Gasteiger partial charge in [0, 0.05) is 26.1 Å². The van der Waals surface area contributed by atoms with Crippen molar-refractivity contribution in [3.05, 3.63) is 22.4 Å². The zero-order valence-electron chi connectivity index (χ0n) is 8.90. The first-order valence-corrected chi connectivity index (χ1v) is 5.08. The number of carboxylic acid groups (broad SMARTS) is 1. The molecule has 8 heteroatoms. The summed E-state index contributed by atoms with van der Waals surface area (Å²) in [7, 11) is 0. The fraction of sp³-hybridized carbons (Fsp3) is 0.556. The predicted molar refractivity (Wildman–Crippen MR) is 54.5 cm³/mol. The van der Waals surface area contributed by atoms with Gasteiger partial charge in [-0.1, -0.05) is 0 Å². The second kappa shape index (κ2) is 4.13. The zero-order valence-corrected chi connectivity index (χ0v) is 8.90. The van der Waals surface area contributed by atoms with Gasteiger partial charge >= 0.3 is 11.8 Å². The summed E-state index contributed by atoms with van der Waals surface area (Å²) >= 11 is 0. The molecule has 0 atom stereocenters. The van der Waals surface area contributed by atoms with Gasteiger partial charge in [-0.25, -0.2) is 4.79 Å². The van der Waals surface area contributed by atoms with Crippen LogP contribution in [-0.2, 0) is 15.1 Å². The van der Waals surface area contributed by atoms with Crippen molar-refractivity contribution >= 4 is 11.8 Å². The molecule has 0 amide bonds. The molecule has 2 rings (SSSR count). The van der Waals surface area contributed by atoms with Crippen LogP contribution in [0.4, 0.5) is 5.82 Å². The lowest BCUT2D eigenvalue weighted by molar-refractivity contribution is -0.390. The number of nitro groups is 1. The summed E-state index contributed by atoms with van der Waals surface area (Å²) in [5.74, 6) is -1.39. The van der Waals surface area contributed by atoms with Crippen LogP contribution in [0.25, 0.3) is 0 Å². The number of rotatable bonds is 3. The molecule has 1 aromatic rings. The van der Waals surface area contributed by atoms with Crippen molar-refractivity contribution in [1.82, 2.24) is 9.78 Å². The Morgan fingerprint density at radius 1 is 1.59 bits per heavy atom. The summed E-state index contributed by atoms with van der Waals surface area (Å²) in [6.45, 7) is 0.611. The summed E-state index contributed by atoms with van der Waals surface area (Å²) in [4.78, 5) is 21.3. The highest BCUT2D eigenvalue weighted by Crippen LogP contribution is 2.29. The van der Waals surface area contributed by atoms with E-state index in [-0.39, 0.29) is 18.7 Å². The second-order valence-corrected chi connectivity index (χ2v) is 3.82. The number of nitrogens with zero attached hydrogens (tertiary/aromatic N) is 3. The molecule has 0 saturated carbocycles. The number of carboxylic acids is 1. The largest absolute Gasteiger partial charge is 0.479 e. The Morgan fingerprint density at radius 3 is 2.71 bits per heavy atom. The molecule has 0 radical (unpaired) electrons. The first kappa shape index (κ1) is 11.5. The Bertz CT molecular complexity index is 449. The summed E-state index contributed by atoms with van der Waals surface area (Å²) < 4.78 is 6.28. The van der Waals surface area contributed by atoms with E-state index in [9.17, 15) is 20.0 Å². The molecule has 0 bridgehead atoms. The SMILES string of the molecule is O=C(O)C1(n2ccc([N+](=O)[O-])n2)CCOCC1. The molecular weight excluding hydrogens is 230 g/mol. The van der Waals surface area contributed by atoms with E-state index in [0.29, 0.717) is 13.2 Å². The maximum atomic E-state index is 11.4. The third kappa shape index (κ3) is 1.86. The fourth-order valence-corrected chi connectivity index (χ4v) is 1.90. The molecule has 1 N–H and O–H groups in total. The van der Waals surface area contributed by atoms with Gasteiger partial charge in [0.2, 0.25) is 0 Å². The number of aliphatic carboxylic acids is 1.